The number of rotatable bonds is 4. The fourth-order valence-corrected chi connectivity index (χ4v) is 3.40. The van der Waals surface area contributed by atoms with Crippen molar-refractivity contribution >= 4 is 15.7 Å². The molecule has 0 radical (unpaired) electrons. The Balaban J connectivity index is 1.92. The van der Waals surface area contributed by atoms with E-state index < -0.39 is 10.0 Å². The van der Waals surface area contributed by atoms with Crippen molar-refractivity contribution in [2.24, 2.45) is 5.92 Å². The van der Waals surface area contributed by atoms with Crippen LogP contribution in [0.25, 0.3) is 0 Å². The van der Waals surface area contributed by atoms with Crippen LogP contribution in [0.4, 0.5) is 5.69 Å². The normalized spacial score (nSPS) is 20.3. The maximum Gasteiger partial charge on any atom is 0.211 e. The van der Waals surface area contributed by atoms with Gasteiger partial charge in [0.2, 0.25) is 10.0 Å². The molecule has 1 N–H and O–H groups in total. The van der Waals surface area contributed by atoms with Crippen molar-refractivity contribution in [3.63, 3.8) is 0 Å². The minimum absolute atomic E-state index is 0.309. The van der Waals surface area contributed by atoms with E-state index in [9.17, 15) is 8.42 Å². The van der Waals surface area contributed by atoms with E-state index in [0.29, 0.717) is 24.6 Å². The molecule has 0 saturated carbocycles. The molecule has 20 heavy (non-hydrogen) atoms. The minimum Gasteiger partial charge on any atom is -0.385 e. The summed E-state index contributed by atoms with van der Waals surface area (Å²) in [6, 6.07) is 9.42. The molecular formula is C14H19N3O2S. The number of nitrogens with one attached hydrogen (secondary N) is 1. The quantitative estimate of drug-likeness (QED) is 0.916. The van der Waals surface area contributed by atoms with Crippen LogP contribution in [0.5, 0.6) is 0 Å². The van der Waals surface area contributed by atoms with Crippen LogP contribution in [-0.4, -0.2) is 38.6 Å². The molecule has 1 heterocycles. The Morgan fingerprint density at radius 2 is 2.30 bits per heavy atom. The van der Waals surface area contributed by atoms with Crippen molar-refractivity contribution in [3.8, 4) is 6.07 Å². The third-order valence-corrected chi connectivity index (χ3v) is 4.81. The third-order valence-electron chi connectivity index (χ3n) is 3.54. The Morgan fingerprint density at radius 1 is 1.50 bits per heavy atom. The monoisotopic (exact) mass is 293 g/mol. The number of nitriles is 1. The van der Waals surface area contributed by atoms with Crippen molar-refractivity contribution in [1.29, 1.82) is 5.26 Å². The van der Waals surface area contributed by atoms with Crippen LogP contribution < -0.4 is 5.32 Å². The summed E-state index contributed by atoms with van der Waals surface area (Å²) in [6.07, 6.45) is 3.19. The van der Waals surface area contributed by atoms with Crippen LogP contribution in [-0.2, 0) is 10.0 Å². The summed E-state index contributed by atoms with van der Waals surface area (Å²) in [5.41, 5.74) is 1.52. The molecule has 6 heteroatoms. The Bertz CT molecular complexity index is 607. The Hall–Kier alpha value is -1.58. The van der Waals surface area contributed by atoms with Gasteiger partial charge in [0.25, 0.3) is 0 Å². The van der Waals surface area contributed by atoms with E-state index in [1.54, 1.807) is 16.4 Å². The van der Waals surface area contributed by atoms with Gasteiger partial charge >= 0.3 is 0 Å². The first-order chi connectivity index (χ1) is 9.49. The Kier molecular flexibility index (Phi) is 4.63. The average molecular weight is 293 g/mol. The number of anilines is 1. The van der Waals surface area contributed by atoms with Crippen molar-refractivity contribution < 1.29 is 8.42 Å². The van der Waals surface area contributed by atoms with Gasteiger partial charge in [-0.05, 0) is 37.0 Å². The van der Waals surface area contributed by atoms with Crippen LogP contribution in [0.2, 0.25) is 0 Å². The summed E-state index contributed by atoms with van der Waals surface area (Å²) in [4.78, 5) is 0. The highest BCUT2D eigenvalue weighted by molar-refractivity contribution is 7.88. The molecule has 1 saturated heterocycles. The highest BCUT2D eigenvalue weighted by atomic mass is 32.2. The fraction of sp³-hybridized carbons (Fsp3) is 0.500. The van der Waals surface area contributed by atoms with E-state index in [1.807, 2.05) is 12.1 Å². The molecule has 5 nitrogen and oxygen atoms in total. The molecule has 0 bridgehead atoms. The van der Waals surface area contributed by atoms with E-state index in [0.717, 1.165) is 25.1 Å². The zero-order valence-corrected chi connectivity index (χ0v) is 12.4. The lowest BCUT2D eigenvalue weighted by Gasteiger charge is -2.31. The van der Waals surface area contributed by atoms with Gasteiger partial charge in [0, 0.05) is 25.3 Å². The summed E-state index contributed by atoms with van der Waals surface area (Å²) in [5, 5.41) is 12.1. The standard InChI is InChI=1S/C14H19N3O2S/c1-20(18,19)17-7-3-5-13(11-17)10-16-14-6-2-4-12(8-14)9-15/h2,4,6,8,13,16H,3,5,7,10-11H2,1H3. The first kappa shape index (κ1) is 14.8. The van der Waals surface area contributed by atoms with Crippen molar-refractivity contribution in [2.45, 2.75) is 12.8 Å². The molecule has 1 fully saturated rings. The van der Waals surface area contributed by atoms with Gasteiger partial charge < -0.3 is 5.32 Å². The van der Waals surface area contributed by atoms with Crippen LogP contribution in [0.3, 0.4) is 0 Å². The lowest BCUT2D eigenvalue weighted by Crippen LogP contribution is -2.41. The van der Waals surface area contributed by atoms with E-state index in [4.69, 9.17) is 5.26 Å². The lowest BCUT2D eigenvalue weighted by atomic mass is 9.99. The molecule has 1 aliphatic rings. The highest BCUT2D eigenvalue weighted by Gasteiger charge is 2.25. The number of piperidine rings is 1. The number of hydrogen-bond donors (Lipinski definition) is 1. The van der Waals surface area contributed by atoms with E-state index in [2.05, 4.69) is 11.4 Å². The lowest BCUT2D eigenvalue weighted by molar-refractivity contribution is 0.277. The fourth-order valence-electron chi connectivity index (χ4n) is 2.46. The largest absolute Gasteiger partial charge is 0.385 e. The van der Waals surface area contributed by atoms with Crippen LogP contribution >= 0.6 is 0 Å². The molecule has 0 spiro atoms. The molecule has 0 aliphatic carbocycles. The van der Waals surface area contributed by atoms with Gasteiger partial charge in [0.15, 0.2) is 0 Å². The summed E-state index contributed by atoms with van der Waals surface area (Å²) in [7, 11) is -3.09. The molecule has 2 rings (SSSR count). The van der Waals surface area contributed by atoms with Gasteiger partial charge in [0.05, 0.1) is 17.9 Å². The van der Waals surface area contributed by atoms with Crippen molar-refractivity contribution in [2.75, 3.05) is 31.2 Å². The summed E-state index contributed by atoms with van der Waals surface area (Å²) >= 11 is 0. The third kappa shape index (κ3) is 3.95. The molecule has 1 atom stereocenters. The number of nitrogens with zero attached hydrogens (tertiary/aromatic N) is 2. The SMILES string of the molecule is CS(=O)(=O)N1CCCC(CNc2cccc(C#N)c2)C1. The number of benzene rings is 1. The molecule has 0 amide bonds. The molecule has 108 valence electrons. The second-order valence-corrected chi connectivity index (χ2v) is 7.19. The van der Waals surface area contributed by atoms with Gasteiger partial charge in [0.1, 0.15) is 0 Å². The molecule has 1 aromatic rings. The minimum atomic E-state index is -3.09. The molecule has 0 aromatic heterocycles. The second-order valence-electron chi connectivity index (χ2n) is 5.20. The summed E-state index contributed by atoms with van der Waals surface area (Å²) in [5.74, 6) is 0.309. The van der Waals surface area contributed by atoms with E-state index in [-0.39, 0.29) is 0 Å². The van der Waals surface area contributed by atoms with E-state index in [1.165, 1.54) is 6.26 Å². The number of sulfonamides is 1. The first-order valence-electron chi connectivity index (χ1n) is 6.68. The van der Waals surface area contributed by atoms with Gasteiger partial charge in [-0.3, -0.25) is 0 Å². The smallest absolute Gasteiger partial charge is 0.211 e. The Morgan fingerprint density at radius 3 is 3.00 bits per heavy atom. The van der Waals surface area contributed by atoms with Gasteiger partial charge in [-0.25, -0.2) is 12.7 Å². The highest BCUT2D eigenvalue weighted by Crippen LogP contribution is 2.19. The van der Waals surface area contributed by atoms with Gasteiger partial charge in [-0.15, -0.1) is 0 Å². The van der Waals surface area contributed by atoms with E-state index >= 15 is 0 Å². The predicted octanol–water partition coefficient (Wildman–Crippen LogP) is 1.64. The maximum atomic E-state index is 11.6. The van der Waals surface area contributed by atoms with Crippen LogP contribution in [0.15, 0.2) is 24.3 Å². The molecule has 1 aliphatic heterocycles. The average Bonchev–Trinajstić information content (AvgIpc) is 2.45. The second kappa shape index (κ2) is 6.25. The Labute approximate surface area is 120 Å². The topological polar surface area (TPSA) is 73.2 Å². The van der Waals surface area contributed by atoms with Gasteiger partial charge in [-0.1, -0.05) is 6.07 Å². The maximum absolute atomic E-state index is 11.6. The molecular weight excluding hydrogens is 274 g/mol. The van der Waals surface area contributed by atoms with Gasteiger partial charge in [-0.2, -0.15) is 5.26 Å². The molecule has 1 unspecified atom stereocenters. The van der Waals surface area contributed by atoms with Crippen molar-refractivity contribution in [3.05, 3.63) is 29.8 Å². The summed E-state index contributed by atoms with van der Waals surface area (Å²) < 4.78 is 24.7. The molecule has 1 aromatic carbocycles. The van der Waals surface area contributed by atoms with Crippen molar-refractivity contribution in [1.82, 2.24) is 4.31 Å². The predicted molar refractivity (Wildman–Crippen MR) is 78.8 cm³/mol. The first-order valence-corrected chi connectivity index (χ1v) is 8.53. The number of hydrogen-bond acceptors (Lipinski definition) is 4. The van der Waals surface area contributed by atoms with Crippen LogP contribution in [0, 0.1) is 17.2 Å². The summed E-state index contributed by atoms with van der Waals surface area (Å²) in [6.45, 7) is 1.92. The van der Waals surface area contributed by atoms with Crippen LogP contribution in [0.1, 0.15) is 18.4 Å². The zero-order chi connectivity index (χ0) is 14.6. The zero-order valence-electron chi connectivity index (χ0n) is 11.5.